The Bertz CT molecular complexity index is 279. The Hall–Kier alpha value is -0.380. The molecule has 1 aromatic rings. The van der Waals surface area contributed by atoms with Crippen LogP contribution < -0.4 is 10.6 Å². The molecule has 2 rings (SSSR count). The van der Waals surface area contributed by atoms with Crippen LogP contribution in [0.4, 0.5) is 0 Å². The van der Waals surface area contributed by atoms with Crippen molar-refractivity contribution in [3.63, 3.8) is 0 Å². The Balaban J connectivity index is 1.68. The van der Waals surface area contributed by atoms with E-state index in [1.54, 1.807) is 0 Å². The highest BCUT2D eigenvalue weighted by molar-refractivity contribution is 7.11. The van der Waals surface area contributed by atoms with Gasteiger partial charge in [-0.25, -0.2) is 0 Å². The summed E-state index contributed by atoms with van der Waals surface area (Å²) in [4.78, 5) is 2.96. The van der Waals surface area contributed by atoms with Gasteiger partial charge < -0.3 is 10.6 Å². The SMILES string of the molecule is CCc1ccc(CNCC2CNC2)s1. The van der Waals surface area contributed by atoms with E-state index in [0.29, 0.717) is 0 Å². The van der Waals surface area contributed by atoms with E-state index in [9.17, 15) is 0 Å². The Kier molecular flexibility index (Phi) is 3.56. The van der Waals surface area contributed by atoms with Crippen molar-refractivity contribution in [3.05, 3.63) is 21.9 Å². The lowest BCUT2D eigenvalue weighted by Gasteiger charge is -2.27. The molecule has 0 radical (unpaired) electrons. The second kappa shape index (κ2) is 4.91. The quantitative estimate of drug-likeness (QED) is 0.772. The summed E-state index contributed by atoms with van der Waals surface area (Å²) in [6.07, 6.45) is 1.16. The molecule has 0 spiro atoms. The molecule has 2 N–H and O–H groups in total. The van der Waals surface area contributed by atoms with Crippen LogP contribution in [0.1, 0.15) is 16.7 Å². The smallest absolute Gasteiger partial charge is 0.0299 e. The standard InChI is InChI=1S/C11H18N2S/c1-2-10-3-4-11(14-10)8-13-7-9-5-12-6-9/h3-4,9,12-13H,2,5-8H2,1H3. The van der Waals surface area contributed by atoms with Crippen LogP contribution in [0.2, 0.25) is 0 Å². The highest BCUT2D eigenvalue weighted by Crippen LogP contribution is 2.16. The van der Waals surface area contributed by atoms with Crippen LogP contribution in [0.3, 0.4) is 0 Å². The molecule has 0 saturated carbocycles. The van der Waals surface area contributed by atoms with Gasteiger partial charge in [0.1, 0.15) is 0 Å². The molecule has 0 unspecified atom stereocenters. The molecule has 0 atom stereocenters. The summed E-state index contributed by atoms with van der Waals surface area (Å²) in [7, 11) is 0. The molecule has 1 aliphatic rings. The molecule has 3 heteroatoms. The Morgan fingerprint density at radius 2 is 2.21 bits per heavy atom. The third-order valence-electron chi connectivity index (χ3n) is 2.66. The first-order valence-corrected chi connectivity index (χ1v) is 6.19. The molecular formula is C11H18N2S. The molecule has 78 valence electrons. The van der Waals surface area contributed by atoms with Gasteiger partial charge in [0.15, 0.2) is 0 Å². The summed E-state index contributed by atoms with van der Waals surface area (Å²) in [5.74, 6) is 0.862. The third-order valence-corrected chi connectivity index (χ3v) is 3.89. The highest BCUT2D eigenvalue weighted by Gasteiger charge is 2.15. The van der Waals surface area contributed by atoms with E-state index in [2.05, 4.69) is 29.7 Å². The molecular weight excluding hydrogens is 192 g/mol. The highest BCUT2D eigenvalue weighted by atomic mass is 32.1. The summed E-state index contributed by atoms with van der Waals surface area (Å²) in [5.41, 5.74) is 0. The molecule has 1 saturated heterocycles. The normalized spacial score (nSPS) is 16.9. The van der Waals surface area contributed by atoms with Crippen LogP contribution in [-0.2, 0) is 13.0 Å². The fourth-order valence-electron chi connectivity index (χ4n) is 1.60. The topological polar surface area (TPSA) is 24.1 Å². The molecule has 0 bridgehead atoms. The van der Waals surface area contributed by atoms with Gasteiger partial charge in [-0.15, -0.1) is 11.3 Å². The summed E-state index contributed by atoms with van der Waals surface area (Å²) < 4.78 is 0. The lowest BCUT2D eigenvalue weighted by Crippen LogP contribution is -2.46. The van der Waals surface area contributed by atoms with E-state index in [4.69, 9.17) is 0 Å². The van der Waals surface area contributed by atoms with Crippen molar-refractivity contribution >= 4 is 11.3 Å². The summed E-state index contributed by atoms with van der Waals surface area (Å²) in [5, 5.41) is 6.80. The summed E-state index contributed by atoms with van der Waals surface area (Å²) in [6, 6.07) is 4.49. The maximum Gasteiger partial charge on any atom is 0.0299 e. The number of aryl methyl sites for hydroxylation is 1. The monoisotopic (exact) mass is 210 g/mol. The van der Waals surface area contributed by atoms with Crippen molar-refractivity contribution < 1.29 is 0 Å². The molecule has 1 aromatic heterocycles. The Morgan fingerprint density at radius 1 is 1.43 bits per heavy atom. The zero-order valence-corrected chi connectivity index (χ0v) is 9.49. The number of nitrogens with one attached hydrogen (secondary N) is 2. The van der Waals surface area contributed by atoms with Crippen LogP contribution in [0.5, 0.6) is 0 Å². The number of hydrogen-bond acceptors (Lipinski definition) is 3. The minimum Gasteiger partial charge on any atom is -0.316 e. The zero-order valence-electron chi connectivity index (χ0n) is 8.68. The van der Waals surface area contributed by atoms with Crippen LogP contribution in [0.25, 0.3) is 0 Å². The van der Waals surface area contributed by atoms with Gasteiger partial charge in [-0.05, 0) is 24.5 Å². The van der Waals surface area contributed by atoms with Gasteiger partial charge in [0.25, 0.3) is 0 Å². The molecule has 1 aliphatic heterocycles. The Morgan fingerprint density at radius 3 is 2.79 bits per heavy atom. The van der Waals surface area contributed by atoms with Crippen molar-refractivity contribution in [3.8, 4) is 0 Å². The Labute approximate surface area is 89.7 Å². The van der Waals surface area contributed by atoms with Gasteiger partial charge >= 0.3 is 0 Å². The van der Waals surface area contributed by atoms with E-state index in [0.717, 1.165) is 25.4 Å². The molecule has 0 amide bonds. The predicted molar refractivity (Wildman–Crippen MR) is 61.8 cm³/mol. The van der Waals surface area contributed by atoms with Crippen LogP contribution in [0, 0.1) is 5.92 Å². The third kappa shape index (κ3) is 2.56. The van der Waals surface area contributed by atoms with Crippen LogP contribution >= 0.6 is 11.3 Å². The van der Waals surface area contributed by atoms with Gasteiger partial charge in [-0.2, -0.15) is 0 Å². The van der Waals surface area contributed by atoms with E-state index in [1.807, 2.05) is 11.3 Å². The van der Waals surface area contributed by atoms with Crippen molar-refractivity contribution in [2.24, 2.45) is 5.92 Å². The maximum absolute atomic E-state index is 3.51. The fraction of sp³-hybridized carbons (Fsp3) is 0.636. The minimum atomic E-state index is 0.862. The first-order chi connectivity index (χ1) is 6.88. The van der Waals surface area contributed by atoms with Crippen LogP contribution in [-0.4, -0.2) is 19.6 Å². The maximum atomic E-state index is 3.51. The van der Waals surface area contributed by atoms with Crippen molar-refractivity contribution in [2.45, 2.75) is 19.9 Å². The second-order valence-electron chi connectivity index (χ2n) is 3.88. The number of rotatable bonds is 5. The average molecular weight is 210 g/mol. The van der Waals surface area contributed by atoms with Crippen molar-refractivity contribution in [2.75, 3.05) is 19.6 Å². The molecule has 2 heterocycles. The first kappa shape index (κ1) is 10.1. The second-order valence-corrected chi connectivity index (χ2v) is 5.13. The number of thiophene rings is 1. The summed E-state index contributed by atoms with van der Waals surface area (Å²) >= 11 is 1.93. The van der Waals surface area contributed by atoms with E-state index >= 15 is 0 Å². The fourth-order valence-corrected chi connectivity index (χ4v) is 2.53. The van der Waals surface area contributed by atoms with Crippen molar-refractivity contribution in [1.82, 2.24) is 10.6 Å². The average Bonchev–Trinajstić information content (AvgIpc) is 2.57. The van der Waals surface area contributed by atoms with E-state index < -0.39 is 0 Å². The molecule has 2 nitrogen and oxygen atoms in total. The zero-order chi connectivity index (χ0) is 9.80. The van der Waals surface area contributed by atoms with E-state index in [-0.39, 0.29) is 0 Å². The molecule has 0 aromatic carbocycles. The minimum absolute atomic E-state index is 0.862. The largest absolute Gasteiger partial charge is 0.316 e. The van der Waals surface area contributed by atoms with Gasteiger partial charge in [-0.3, -0.25) is 0 Å². The molecule has 14 heavy (non-hydrogen) atoms. The first-order valence-electron chi connectivity index (χ1n) is 5.37. The van der Waals surface area contributed by atoms with Gasteiger partial charge in [-0.1, -0.05) is 6.92 Å². The molecule has 0 aliphatic carbocycles. The van der Waals surface area contributed by atoms with Crippen LogP contribution in [0.15, 0.2) is 12.1 Å². The van der Waals surface area contributed by atoms with Gasteiger partial charge in [0, 0.05) is 35.9 Å². The summed E-state index contributed by atoms with van der Waals surface area (Å²) in [6.45, 7) is 6.80. The lowest BCUT2D eigenvalue weighted by atomic mass is 10.0. The van der Waals surface area contributed by atoms with Crippen molar-refractivity contribution in [1.29, 1.82) is 0 Å². The number of hydrogen-bond donors (Lipinski definition) is 2. The van der Waals surface area contributed by atoms with Gasteiger partial charge in [0.2, 0.25) is 0 Å². The molecule has 1 fully saturated rings. The van der Waals surface area contributed by atoms with E-state index in [1.165, 1.54) is 22.8 Å². The van der Waals surface area contributed by atoms with Gasteiger partial charge in [0.05, 0.1) is 0 Å². The predicted octanol–water partition coefficient (Wildman–Crippen LogP) is 1.62. The lowest BCUT2D eigenvalue weighted by molar-refractivity contribution is 0.331.